The van der Waals surface area contributed by atoms with Gasteiger partial charge in [0.1, 0.15) is 0 Å². The molecule has 1 atom stereocenters. The van der Waals surface area contributed by atoms with Crippen molar-refractivity contribution in [2.75, 3.05) is 20.2 Å². The normalized spacial score (nSPS) is 13.6. The zero-order valence-electron chi connectivity index (χ0n) is 15.3. The summed E-state index contributed by atoms with van der Waals surface area (Å²) >= 11 is 0. The first-order valence-electron chi connectivity index (χ1n) is 8.33. The van der Waals surface area contributed by atoms with E-state index in [1.54, 1.807) is 26.0 Å². The summed E-state index contributed by atoms with van der Waals surface area (Å²) in [7, 11) is -2.04. The van der Waals surface area contributed by atoms with Gasteiger partial charge in [-0.3, -0.25) is 14.3 Å². The maximum absolute atomic E-state index is 12.3. The summed E-state index contributed by atoms with van der Waals surface area (Å²) in [5.41, 5.74) is -0.169. The molecule has 0 aliphatic carbocycles. The molecule has 0 aliphatic rings. The van der Waals surface area contributed by atoms with E-state index in [-0.39, 0.29) is 28.8 Å². The van der Waals surface area contributed by atoms with Crippen LogP contribution in [0.3, 0.4) is 0 Å². The predicted octanol–water partition coefficient (Wildman–Crippen LogP) is 2.76. The van der Waals surface area contributed by atoms with E-state index in [4.69, 9.17) is 4.18 Å². The second kappa shape index (κ2) is 9.26. The third-order valence-electron chi connectivity index (χ3n) is 4.09. The van der Waals surface area contributed by atoms with Crippen LogP contribution in [0.5, 0.6) is 0 Å². The maximum atomic E-state index is 12.3. The van der Waals surface area contributed by atoms with Gasteiger partial charge in [0.2, 0.25) is 5.54 Å². The third kappa shape index (κ3) is 7.09. The molecule has 25 heavy (non-hydrogen) atoms. The first-order chi connectivity index (χ1) is 11.6. The molecule has 0 saturated carbocycles. The second-order valence-corrected chi connectivity index (χ2v) is 8.55. The molecule has 8 heteroatoms. The van der Waals surface area contributed by atoms with Crippen molar-refractivity contribution in [3.63, 3.8) is 0 Å². The van der Waals surface area contributed by atoms with Crippen molar-refractivity contribution in [2.45, 2.75) is 50.5 Å². The van der Waals surface area contributed by atoms with Crippen molar-refractivity contribution < 1.29 is 17.5 Å². The van der Waals surface area contributed by atoms with Crippen molar-refractivity contribution in [1.82, 2.24) is 5.32 Å². The van der Waals surface area contributed by atoms with Crippen molar-refractivity contribution in [3.8, 4) is 0 Å². The Hall–Kier alpha value is -1.51. The summed E-state index contributed by atoms with van der Waals surface area (Å²) in [6, 6.07) is 6.41. The summed E-state index contributed by atoms with van der Waals surface area (Å²) in [4.78, 5) is 10.9. The van der Waals surface area contributed by atoms with E-state index in [1.165, 1.54) is 12.1 Å². The lowest BCUT2D eigenvalue weighted by molar-refractivity contribution is -0.563. The molecule has 1 aromatic carbocycles. The van der Waals surface area contributed by atoms with Gasteiger partial charge in [0.05, 0.1) is 11.5 Å². The quantitative estimate of drug-likeness (QED) is 0.277. The zero-order chi connectivity index (χ0) is 19.1. The Balaban J connectivity index is 2.79. The Morgan fingerprint density at radius 3 is 2.40 bits per heavy atom. The van der Waals surface area contributed by atoms with E-state index in [0.29, 0.717) is 6.42 Å². The number of hydrogen-bond donors (Lipinski definition) is 1. The highest BCUT2D eigenvalue weighted by Crippen LogP contribution is 2.25. The largest absolute Gasteiger partial charge is 0.320 e. The van der Waals surface area contributed by atoms with Gasteiger partial charge >= 0.3 is 0 Å². The third-order valence-corrected chi connectivity index (χ3v) is 5.39. The number of rotatable bonds is 11. The highest BCUT2D eigenvalue weighted by atomic mass is 32.2. The topological polar surface area (TPSA) is 98.5 Å². The summed E-state index contributed by atoms with van der Waals surface area (Å²) < 4.78 is 29.8. The minimum absolute atomic E-state index is 0.0583. The Morgan fingerprint density at radius 1 is 1.28 bits per heavy atom. The van der Waals surface area contributed by atoms with Crippen molar-refractivity contribution in [3.05, 3.63) is 39.9 Å². The van der Waals surface area contributed by atoms with Crippen molar-refractivity contribution in [2.24, 2.45) is 5.92 Å². The van der Waals surface area contributed by atoms with Crippen LogP contribution in [0.15, 0.2) is 29.2 Å². The average Bonchev–Trinajstić information content (AvgIpc) is 2.53. The van der Waals surface area contributed by atoms with Gasteiger partial charge in [-0.05, 0) is 51.4 Å². The van der Waals surface area contributed by atoms with Gasteiger partial charge in [0.15, 0.2) is 0 Å². The van der Waals surface area contributed by atoms with E-state index in [9.17, 15) is 18.5 Å². The number of aryl methyl sites for hydroxylation is 1. The molecule has 1 N–H and O–H groups in total. The number of benzene rings is 1. The maximum Gasteiger partial charge on any atom is 0.296 e. The van der Waals surface area contributed by atoms with Gasteiger partial charge in [-0.2, -0.15) is 8.42 Å². The molecule has 1 rings (SSSR count). The Labute approximate surface area is 150 Å². The van der Waals surface area contributed by atoms with Crippen LogP contribution in [-0.2, 0) is 14.3 Å². The van der Waals surface area contributed by atoms with Crippen LogP contribution < -0.4 is 5.32 Å². The van der Waals surface area contributed by atoms with Crippen LogP contribution in [-0.4, -0.2) is 39.1 Å². The minimum atomic E-state index is -3.86. The molecular formula is C17H28N2O5S. The minimum Gasteiger partial charge on any atom is -0.320 e. The number of nitro groups is 1. The standard InChI is InChI=1S/C17H28N2O5S/c1-14-7-9-16(10-8-14)25(22,23)24-13-15(6-5-11-18-4)12-17(2,3)19(20)21/h7-10,15,18H,5-6,11-13H2,1-4H3/t15-/m0/s1. The van der Waals surface area contributed by atoms with Gasteiger partial charge in [-0.15, -0.1) is 0 Å². The van der Waals surface area contributed by atoms with Gasteiger partial charge in [0.25, 0.3) is 10.1 Å². The highest BCUT2D eigenvalue weighted by Gasteiger charge is 2.34. The molecule has 0 aliphatic heterocycles. The van der Waals surface area contributed by atoms with Crippen LogP contribution in [0, 0.1) is 23.0 Å². The van der Waals surface area contributed by atoms with E-state index < -0.39 is 15.7 Å². The summed E-state index contributed by atoms with van der Waals surface area (Å²) in [5.74, 6) is -0.214. The van der Waals surface area contributed by atoms with Crippen LogP contribution in [0.1, 0.15) is 38.7 Å². The summed E-state index contributed by atoms with van der Waals surface area (Å²) in [5, 5.41) is 14.2. The van der Waals surface area contributed by atoms with E-state index in [0.717, 1.165) is 18.5 Å². The van der Waals surface area contributed by atoms with Crippen LogP contribution >= 0.6 is 0 Å². The molecule has 0 aromatic heterocycles. The molecule has 0 saturated heterocycles. The summed E-state index contributed by atoms with van der Waals surface area (Å²) in [6.07, 6.45) is 1.71. The molecule has 0 amide bonds. The van der Waals surface area contributed by atoms with Crippen LogP contribution in [0.4, 0.5) is 0 Å². The zero-order valence-corrected chi connectivity index (χ0v) is 16.1. The van der Waals surface area contributed by atoms with Crippen molar-refractivity contribution >= 4 is 10.1 Å². The predicted molar refractivity (Wildman–Crippen MR) is 96.7 cm³/mol. The van der Waals surface area contributed by atoms with E-state index in [1.807, 2.05) is 14.0 Å². The SMILES string of the molecule is CNCCC[C@H](COS(=O)(=O)c1ccc(C)cc1)CC(C)(C)[N+](=O)[O-]. The fraction of sp³-hybridized carbons (Fsp3) is 0.647. The van der Waals surface area contributed by atoms with Crippen molar-refractivity contribution in [1.29, 1.82) is 0 Å². The van der Waals surface area contributed by atoms with Crippen LogP contribution in [0.2, 0.25) is 0 Å². The molecule has 0 radical (unpaired) electrons. The molecule has 142 valence electrons. The Kier molecular flexibility index (Phi) is 7.98. The smallest absolute Gasteiger partial charge is 0.296 e. The number of nitrogens with zero attached hydrogens (tertiary/aromatic N) is 1. The molecule has 0 fully saturated rings. The fourth-order valence-corrected chi connectivity index (χ4v) is 3.53. The molecule has 1 aromatic rings. The fourth-order valence-electron chi connectivity index (χ4n) is 2.55. The molecule has 0 spiro atoms. The first-order valence-corrected chi connectivity index (χ1v) is 9.74. The number of hydrogen-bond acceptors (Lipinski definition) is 6. The van der Waals surface area contributed by atoms with Gasteiger partial charge in [-0.1, -0.05) is 17.7 Å². The average molecular weight is 372 g/mol. The van der Waals surface area contributed by atoms with Crippen LogP contribution in [0.25, 0.3) is 0 Å². The first kappa shape index (κ1) is 21.5. The lowest BCUT2D eigenvalue weighted by atomic mass is 9.88. The summed E-state index contributed by atoms with van der Waals surface area (Å²) in [6.45, 7) is 5.67. The molecular weight excluding hydrogens is 344 g/mol. The lowest BCUT2D eigenvalue weighted by Crippen LogP contribution is -2.35. The molecule has 0 heterocycles. The molecule has 0 unspecified atom stereocenters. The monoisotopic (exact) mass is 372 g/mol. The van der Waals surface area contributed by atoms with Gasteiger partial charge < -0.3 is 5.32 Å². The highest BCUT2D eigenvalue weighted by molar-refractivity contribution is 7.86. The van der Waals surface area contributed by atoms with E-state index in [2.05, 4.69) is 5.32 Å². The van der Waals surface area contributed by atoms with Gasteiger partial charge in [-0.25, -0.2) is 0 Å². The van der Waals surface area contributed by atoms with Gasteiger partial charge in [0, 0.05) is 25.2 Å². The lowest BCUT2D eigenvalue weighted by Gasteiger charge is -2.23. The molecule has 0 bridgehead atoms. The number of nitrogens with one attached hydrogen (secondary N) is 1. The molecule has 7 nitrogen and oxygen atoms in total. The Morgan fingerprint density at radius 2 is 1.88 bits per heavy atom. The van der Waals surface area contributed by atoms with E-state index >= 15 is 0 Å². The Bertz CT molecular complexity index is 656. The second-order valence-electron chi connectivity index (χ2n) is 6.94.